The van der Waals surface area contributed by atoms with Crippen molar-refractivity contribution in [2.75, 3.05) is 0 Å². The first-order valence-electron chi connectivity index (χ1n) is 11.4. The molecule has 0 saturated heterocycles. The van der Waals surface area contributed by atoms with E-state index in [1.165, 1.54) is 33.6 Å². The van der Waals surface area contributed by atoms with E-state index in [2.05, 4.69) is 118 Å². The maximum absolute atomic E-state index is 6.92. The van der Waals surface area contributed by atoms with Gasteiger partial charge in [-0.15, -0.1) is 0 Å². The summed E-state index contributed by atoms with van der Waals surface area (Å²) in [6, 6.07) is 4.70. The SMILES string of the molecule is Cc1cc(C)c(/C(C=[Si]([Si](C)(C)C)[Si](C)(C)C)=C(\O[Si](C)(C)C)C(C)(C)C)c(C)c1. The zero-order valence-corrected chi connectivity index (χ0v) is 26.6. The van der Waals surface area contributed by atoms with E-state index in [1.807, 2.05) is 0 Å². The van der Waals surface area contributed by atoms with Crippen LogP contribution in [0.5, 0.6) is 0 Å². The maximum atomic E-state index is 6.92. The van der Waals surface area contributed by atoms with Gasteiger partial charge in [0.25, 0.3) is 0 Å². The molecule has 30 heavy (non-hydrogen) atoms. The van der Waals surface area contributed by atoms with E-state index in [0.717, 1.165) is 0 Å². The fourth-order valence-corrected chi connectivity index (χ4v) is 39.6. The Morgan fingerprint density at radius 3 is 1.50 bits per heavy atom. The Labute approximate surface area is 192 Å². The maximum Gasteiger partial charge on any atom is 0.241 e. The van der Waals surface area contributed by atoms with Crippen LogP contribution in [0.3, 0.4) is 0 Å². The lowest BCUT2D eigenvalue weighted by molar-refractivity contribution is 0.293. The van der Waals surface area contributed by atoms with Crippen molar-refractivity contribution in [3.63, 3.8) is 0 Å². The molecule has 0 heterocycles. The second-order valence-electron chi connectivity index (χ2n) is 13.0. The van der Waals surface area contributed by atoms with Crippen molar-refractivity contribution in [1.82, 2.24) is 0 Å². The van der Waals surface area contributed by atoms with Crippen molar-refractivity contribution < 1.29 is 4.43 Å². The van der Waals surface area contributed by atoms with Crippen molar-refractivity contribution in [3.05, 3.63) is 40.1 Å². The van der Waals surface area contributed by atoms with Gasteiger partial charge in [0, 0.05) is 11.0 Å². The minimum atomic E-state index is -1.76. The standard InChI is InChI=1S/C25H48OSi4/c1-19-16-20(2)23(21(3)17-19)22(18-27(29(10,11)12)30(13,14)15)24(25(4,5)6)26-28(7,8)9/h16-18H,1-15H3/b24-22-. The van der Waals surface area contributed by atoms with Crippen LogP contribution < -0.4 is 0 Å². The van der Waals surface area contributed by atoms with Crippen molar-refractivity contribution >= 4 is 42.2 Å². The molecule has 0 spiro atoms. The lowest BCUT2D eigenvalue weighted by Crippen LogP contribution is -2.54. The van der Waals surface area contributed by atoms with Crippen LogP contribution in [0.2, 0.25) is 58.9 Å². The highest BCUT2D eigenvalue weighted by Crippen LogP contribution is 2.37. The molecule has 0 unspecified atom stereocenters. The molecule has 0 fully saturated rings. The van der Waals surface area contributed by atoms with E-state index in [4.69, 9.17) is 4.43 Å². The van der Waals surface area contributed by atoms with Gasteiger partial charge in [-0.1, -0.05) is 83.4 Å². The fourth-order valence-electron chi connectivity index (χ4n) is 4.48. The second-order valence-corrected chi connectivity index (χ2v) is 41.3. The highest BCUT2D eigenvalue weighted by Gasteiger charge is 2.35. The third kappa shape index (κ3) is 7.57. The van der Waals surface area contributed by atoms with Gasteiger partial charge in [0.1, 0.15) is 0 Å². The predicted molar refractivity (Wildman–Crippen MR) is 150 cm³/mol. The smallest absolute Gasteiger partial charge is 0.241 e. The largest absolute Gasteiger partial charge is 0.546 e. The average Bonchev–Trinajstić information content (AvgIpc) is 2.42. The van der Waals surface area contributed by atoms with Crippen molar-refractivity contribution in [2.24, 2.45) is 5.41 Å². The van der Waals surface area contributed by atoms with E-state index in [9.17, 15) is 0 Å². The topological polar surface area (TPSA) is 9.23 Å². The Balaban J connectivity index is 4.20. The van der Waals surface area contributed by atoms with Crippen LogP contribution in [0.15, 0.2) is 17.9 Å². The highest BCUT2D eigenvalue weighted by atomic mass is 29.6. The van der Waals surface area contributed by atoms with Gasteiger partial charge >= 0.3 is 0 Å². The van der Waals surface area contributed by atoms with Gasteiger partial charge in [0.15, 0.2) is 0 Å². The van der Waals surface area contributed by atoms with E-state index in [1.54, 1.807) is 0 Å². The summed E-state index contributed by atoms with van der Waals surface area (Å²) in [5.74, 6) is 1.22. The van der Waals surface area contributed by atoms with Gasteiger partial charge in [-0.25, -0.2) is 0 Å². The van der Waals surface area contributed by atoms with Gasteiger partial charge in [-0.05, 0) is 64.5 Å². The van der Waals surface area contributed by atoms with Crippen LogP contribution in [-0.4, -0.2) is 36.6 Å². The summed E-state index contributed by atoms with van der Waals surface area (Å²) in [5, 5.41) is 0. The first kappa shape index (κ1) is 27.5. The van der Waals surface area contributed by atoms with E-state index >= 15 is 0 Å². The lowest BCUT2D eigenvalue weighted by Gasteiger charge is -2.35. The van der Waals surface area contributed by atoms with Gasteiger partial charge in [-0.3, -0.25) is 0 Å². The molecule has 0 radical (unpaired) electrons. The Bertz CT molecular complexity index is 797. The molecular weight excluding hydrogens is 429 g/mol. The van der Waals surface area contributed by atoms with Gasteiger partial charge < -0.3 is 4.43 Å². The molecule has 0 aromatic heterocycles. The number of benzene rings is 1. The number of hydrogen-bond donors (Lipinski definition) is 0. The van der Waals surface area contributed by atoms with E-state index in [-0.39, 0.29) is 5.41 Å². The Hall–Kier alpha value is -0.502. The van der Waals surface area contributed by atoms with Gasteiger partial charge in [0.2, 0.25) is 8.32 Å². The highest BCUT2D eigenvalue weighted by molar-refractivity contribution is 7.60. The van der Waals surface area contributed by atoms with E-state index < -0.39 is 30.9 Å². The molecule has 1 aromatic carbocycles. The van der Waals surface area contributed by atoms with Crippen LogP contribution in [-0.2, 0) is 4.43 Å². The minimum absolute atomic E-state index is 0.0261. The Kier molecular flexibility index (Phi) is 8.41. The van der Waals surface area contributed by atoms with Crippen LogP contribution >= 0.6 is 0 Å². The fraction of sp³-hybridized carbons (Fsp3) is 0.640. The zero-order chi connectivity index (χ0) is 23.9. The number of aryl methyl sites for hydroxylation is 3. The molecule has 0 N–H and O–H groups in total. The molecular formula is C25H48OSi4. The molecule has 5 heteroatoms. The van der Waals surface area contributed by atoms with E-state index in [0.29, 0.717) is 0 Å². The molecule has 170 valence electrons. The lowest BCUT2D eigenvalue weighted by atomic mass is 9.86. The van der Waals surface area contributed by atoms with Crippen LogP contribution in [0.25, 0.3) is 5.57 Å². The third-order valence-corrected chi connectivity index (χ3v) is 33.9. The third-order valence-electron chi connectivity index (χ3n) is 5.19. The molecule has 0 amide bonds. The molecule has 0 aliphatic rings. The molecule has 0 aliphatic heterocycles. The van der Waals surface area contributed by atoms with Gasteiger partial charge in [0.05, 0.1) is 20.9 Å². The average molecular weight is 477 g/mol. The molecule has 0 bridgehead atoms. The molecule has 1 rings (SSSR count). The molecule has 0 atom stereocenters. The Morgan fingerprint density at radius 2 is 1.20 bits per heavy atom. The summed E-state index contributed by atoms with van der Waals surface area (Å²) in [4.78, 5) is 0. The summed E-state index contributed by atoms with van der Waals surface area (Å²) < 4.78 is 6.92. The van der Waals surface area contributed by atoms with Crippen molar-refractivity contribution in [3.8, 4) is 0 Å². The van der Waals surface area contributed by atoms with Crippen LogP contribution in [0.1, 0.15) is 43.0 Å². The molecule has 1 aromatic rings. The number of allylic oxidation sites excluding steroid dienone is 2. The summed E-state index contributed by atoms with van der Waals surface area (Å²) in [6.07, 6.45) is 0. The minimum Gasteiger partial charge on any atom is -0.546 e. The predicted octanol–water partition coefficient (Wildman–Crippen LogP) is 7.93. The normalized spacial score (nSPS) is 14.4. The summed E-state index contributed by atoms with van der Waals surface area (Å²) in [6.45, 7) is 36.2. The zero-order valence-electron chi connectivity index (χ0n) is 22.6. The first-order valence-corrected chi connectivity index (χ1v) is 25.4. The monoisotopic (exact) mass is 476 g/mol. The molecule has 0 aliphatic carbocycles. The molecule has 1 nitrogen and oxygen atoms in total. The summed E-state index contributed by atoms with van der Waals surface area (Å²) >= 11 is 0. The van der Waals surface area contributed by atoms with Crippen LogP contribution in [0.4, 0.5) is 0 Å². The summed E-state index contributed by atoms with van der Waals surface area (Å²) in [5.41, 5.74) is 9.69. The quantitative estimate of drug-likeness (QED) is 0.299. The van der Waals surface area contributed by atoms with Crippen molar-refractivity contribution in [1.29, 1.82) is 0 Å². The number of hydrogen-bond acceptors (Lipinski definition) is 1. The van der Waals surface area contributed by atoms with Crippen LogP contribution in [0, 0.1) is 26.2 Å². The van der Waals surface area contributed by atoms with Crippen molar-refractivity contribution in [2.45, 2.75) is 100 Å². The first-order chi connectivity index (χ1) is 13.1. The second kappa shape index (κ2) is 9.16. The number of rotatable bonds is 6. The summed E-state index contributed by atoms with van der Waals surface area (Å²) in [7, 11) is -4.95. The molecule has 0 saturated carbocycles. The van der Waals surface area contributed by atoms with Gasteiger partial charge in [-0.2, -0.15) is 0 Å². The Morgan fingerprint density at radius 1 is 0.800 bits per heavy atom.